The Hall–Kier alpha value is -0.860. The summed E-state index contributed by atoms with van der Waals surface area (Å²) in [6.45, 7) is 4.41. The maximum Gasteiger partial charge on any atom is -0.0305 e. The van der Waals surface area contributed by atoms with Gasteiger partial charge in [0.1, 0.15) is 0 Å². The van der Waals surface area contributed by atoms with Gasteiger partial charge in [0.15, 0.2) is 0 Å². The van der Waals surface area contributed by atoms with Crippen LogP contribution < -0.4 is 0 Å². The van der Waals surface area contributed by atoms with E-state index in [-0.39, 0.29) is 0 Å². The highest BCUT2D eigenvalue weighted by Gasteiger charge is 1.93. The Bertz CT molecular complexity index is 186. The summed E-state index contributed by atoms with van der Waals surface area (Å²) in [7, 11) is 0. The van der Waals surface area contributed by atoms with E-state index in [1.807, 2.05) is 0 Å². The molecule has 0 atom stereocenters. The normalized spacial score (nSPS) is 8.67. The number of aryl methyl sites for hydroxylation is 2. The lowest BCUT2D eigenvalue weighted by Crippen LogP contribution is -1.88. The van der Waals surface area contributed by atoms with Crippen LogP contribution in [0, 0.1) is 0 Å². The molecule has 0 aliphatic rings. The fourth-order valence-corrected chi connectivity index (χ4v) is 1.25. The van der Waals surface area contributed by atoms with Gasteiger partial charge in [-0.1, -0.05) is 38.1 Å². The van der Waals surface area contributed by atoms with Crippen molar-refractivity contribution in [1.29, 1.82) is 0 Å². The molecule has 2 nitrogen and oxygen atoms in total. The maximum absolute atomic E-state index is 6.00. The molecule has 0 spiro atoms. The highest BCUT2D eigenvalue weighted by molar-refractivity contribution is 5.26. The van der Waals surface area contributed by atoms with Gasteiger partial charge in [-0.3, -0.25) is 10.5 Å². The fourth-order valence-electron chi connectivity index (χ4n) is 1.25. The molecule has 0 radical (unpaired) electrons. The quantitative estimate of drug-likeness (QED) is 0.526. The van der Waals surface area contributed by atoms with Crippen molar-refractivity contribution in [3.8, 4) is 0 Å². The average Bonchev–Trinajstić information content (AvgIpc) is 2.20. The molecule has 2 N–H and O–H groups in total. The van der Waals surface area contributed by atoms with Crippen molar-refractivity contribution in [2.45, 2.75) is 26.7 Å². The van der Waals surface area contributed by atoms with Gasteiger partial charge in [-0.2, -0.15) is 0 Å². The molecule has 0 heterocycles. The Labute approximate surface area is 73.4 Å². The topological polar surface area (TPSA) is 40.5 Å². The fraction of sp³-hybridized carbons (Fsp3) is 0.400. The predicted octanol–water partition coefficient (Wildman–Crippen LogP) is 2.83. The third-order valence-corrected chi connectivity index (χ3v) is 1.88. The van der Waals surface area contributed by atoms with Crippen molar-refractivity contribution in [3.63, 3.8) is 0 Å². The first kappa shape index (κ1) is 11.1. The summed E-state index contributed by atoms with van der Waals surface area (Å²) in [6, 6.07) is 8.63. The Morgan fingerprint density at radius 2 is 1.25 bits per heavy atom. The van der Waals surface area contributed by atoms with Crippen LogP contribution in [-0.2, 0) is 12.8 Å². The molecule has 68 valence electrons. The lowest BCUT2D eigenvalue weighted by Gasteiger charge is -2.02. The van der Waals surface area contributed by atoms with Crippen LogP contribution in [-0.4, -0.2) is 10.5 Å². The molecule has 0 aromatic heterocycles. The summed E-state index contributed by atoms with van der Waals surface area (Å²) >= 11 is 0. The van der Waals surface area contributed by atoms with Gasteiger partial charge in [0.25, 0.3) is 0 Å². The van der Waals surface area contributed by atoms with Gasteiger partial charge in [0, 0.05) is 0 Å². The van der Waals surface area contributed by atoms with Crippen LogP contribution in [0.5, 0.6) is 0 Å². The van der Waals surface area contributed by atoms with Gasteiger partial charge in [-0.25, -0.2) is 0 Å². The van der Waals surface area contributed by atoms with Crippen LogP contribution in [0.15, 0.2) is 24.3 Å². The number of benzene rings is 1. The first-order chi connectivity index (χ1) is 5.88. The summed E-state index contributed by atoms with van der Waals surface area (Å²) in [5, 5.41) is 12.0. The van der Waals surface area contributed by atoms with Crippen LogP contribution in [0.25, 0.3) is 0 Å². The van der Waals surface area contributed by atoms with Gasteiger partial charge in [-0.05, 0) is 24.0 Å². The molecule has 0 unspecified atom stereocenters. The Morgan fingerprint density at radius 1 is 0.917 bits per heavy atom. The van der Waals surface area contributed by atoms with Crippen LogP contribution in [0.3, 0.4) is 0 Å². The zero-order chi connectivity index (χ0) is 9.40. The van der Waals surface area contributed by atoms with Gasteiger partial charge >= 0.3 is 0 Å². The minimum Gasteiger partial charge on any atom is -0.255 e. The molecule has 0 aliphatic heterocycles. The molecular formula is C10H16O2. The second-order valence-corrected chi connectivity index (χ2v) is 2.48. The standard InChI is InChI=1S/C10H14.H2O2/c1-3-9-7-5-6-8-10(9)4-2;1-2/h5-8H,3-4H2,1-2H3;1-2H. The molecule has 0 amide bonds. The van der Waals surface area contributed by atoms with E-state index in [2.05, 4.69) is 38.1 Å². The van der Waals surface area contributed by atoms with E-state index in [4.69, 9.17) is 10.5 Å². The van der Waals surface area contributed by atoms with Gasteiger partial charge in [0.2, 0.25) is 0 Å². The van der Waals surface area contributed by atoms with Crippen molar-refractivity contribution in [2.24, 2.45) is 0 Å². The van der Waals surface area contributed by atoms with Crippen molar-refractivity contribution in [2.75, 3.05) is 0 Å². The van der Waals surface area contributed by atoms with Gasteiger partial charge < -0.3 is 0 Å². The van der Waals surface area contributed by atoms with Crippen molar-refractivity contribution < 1.29 is 10.5 Å². The third kappa shape index (κ3) is 3.03. The molecule has 1 aromatic carbocycles. The minimum absolute atomic E-state index is 1.16. The molecule has 2 heteroatoms. The van der Waals surface area contributed by atoms with Crippen LogP contribution in [0.1, 0.15) is 25.0 Å². The molecule has 12 heavy (non-hydrogen) atoms. The second kappa shape index (κ2) is 6.83. The third-order valence-electron chi connectivity index (χ3n) is 1.88. The van der Waals surface area contributed by atoms with E-state index in [0.717, 1.165) is 12.8 Å². The summed E-state index contributed by atoms with van der Waals surface area (Å²) in [4.78, 5) is 0. The van der Waals surface area contributed by atoms with E-state index >= 15 is 0 Å². The van der Waals surface area contributed by atoms with Crippen molar-refractivity contribution in [3.05, 3.63) is 35.4 Å². The molecule has 0 aliphatic carbocycles. The summed E-state index contributed by atoms with van der Waals surface area (Å²) in [5.41, 5.74) is 2.98. The minimum atomic E-state index is 1.16. The van der Waals surface area contributed by atoms with E-state index in [9.17, 15) is 0 Å². The van der Waals surface area contributed by atoms with Crippen molar-refractivity contribution in [1.82, 2.24) is 0 Å². The summed E-state index contributed by atoms with van der Waals surface area (Å²) < 4.78 is 0. The van der Waals surface area contributed by atoms with Crippen molar-refractivity contribution >= 4 is 0 Å². The van der Waals surface area contributed by atoms with E-state index in [1.165, 1.54) is 11.1 Å². The summed E-state index contributed by atoms with van der Waals surface area (Å²) in [6.07, 6.45) is 2.31. The molecule has 1 aromatic rings. The smallest absolute Gasteiger partial charge is 0.0305 e. The second-order valence-electron chi connectivity index (χ2n) is 2.48. The zero-order valence-electron chi connectivity index (χ0n) is 7.62. The largest absolute Gasteiger partial charge is 0.255 e. The monoisotopic (exact) mass is 168 g/mol. The Kier molecular flexibility index (Phi) is 6.34. The lowest BCUT2D eigenvalue weighted by molar-refractivity contribution is -0.176. The Balaban J connectivity index is 0.000000561. The SMILES string of the molecule is CCc1ccccc1CC.OO. The molecule has 0 saturated carbocycles. The number of hydrogen-bond acceptors (Lipinski definition) is 2. The van der Waals surface area contributed by atoms with Gasteiger partial charge in [-0.15, -0.1) is 0 Å². The molecular weight excluding hydrogens is 152 g/mol. The molecule has 0 fully saturated rings. The zero-order valence-corrected chi connectivity index (χ0v) is 7.62. The summed E-state index contributed by atoms with van der Waals surface area (Å²) in [5.74, 6) is 0. The van der Waals surface area contributed by atoms with Crippen LogP contribution in [0.2, 0.25) is 0 Å². The number of rotatable bonds is 2. The lowest BCUT2D eigenvalue weighted by atomic mass is 10.0. The molecule has 0 saturated heterocycles. The van der Waals surface area contributed by atoms with E-state index in [1.54, 1.807) is 0 Å². The van der Waals surface area contributed by atoms with Crippen LogP contribution in [0.4, 0.5) is 0 Å². The van der Waals surface area contributed by atoms with Crippen LogP contribution >= 0.6 is 0 Å². The van der Waals surface area contributed by atoms with E-state index < -0.39 is 0 Å². The molecule has 0 bridgehead atoms. The Morgan fingerprint density at radius 3 is 1.50 bits per heavy atom. The van der Waals surface area contributed by atoms with E-state index in [0.29, 0.717) is 0 Å². The van der Waals surface area contributed by atoms with Gasteiger partial charge in [0.05, 0.1) is 0 Å². The predicted molar refractivity (Wildman–Crippen MR) is 50.5 cm³/mol. The number of hydrogen-bond donors (Lipinski definition) is 2. The first-order valence-corrected chi connectivity index (χ1v) is 4.15. The maximum atomic E-state index is 6.00. The average molecular weight is 168 g/mol. The highest BCUT2D eigenvalue weighted by Crippen LogP contribution is 2.08. The molecule has 1 rings (SSSR count). The first-order valence-electron chi connectivity index (χ1n) is 4.15. The highest BCUT2D eigenvalue weighted by atomic mass is 17.0.